The number of piperazine rings is 1. The van der Waals surface area contributed by atoms with E-state index in [1.54, 1.807) is 4.90 Å². The second-order valence-electron chi connectivity index (χ2n) is 7.06. The minimum Gasteiger partial charge on any atom is -0.447 e. The van der Waals surface area contributed by atoms with Crippen molar-refractivity contribution in [2.24, 2.45) is 10.7 Å². The zero-order chi connectivity index (χ0) is 20.2. The molecule has 1 amide bonds. The van der Waals surface area contributed by atoms with Crippen LogP contribution in [-0.2, 0) is 11.3 Å². The number of halogens is 2. The van der Waals surface area contributed by atoms with E-state index in [4.69, 9.17) is 22.1 Å². The molecule has 0 unspecified atom stereocenters. The summed E-state index contributed by atoms with van der Waals surface area (Å²) in [4.78, 5) is 22.2. The second-order valence-corrected chi connectivity index (χ2v) is 7.49. The van der Waals surface area contributed by atoms with Crippen LogP contribution in [-0.4, -0.2) is 56.3 Å². The maximum absolute atomic E-state index is 11.6. The van der Waals surface area contributed by atoms with Crippen molar-refractivity contribution in [1.29, 1.82) is 0 Å². The molecule has 2 heterocycles. The predicted octanol–water partition coefficient (Wildman–Crippen LogP) is 3.55. The van der Waals surface area contributed by atoms with Gasteiger partial charge in [0.15, 0.2) is 5.96 Å². The SMILES string of the molecule is I.NC(=NCc1ccc(N2CCOC2=O)cc1)N1CCN(c2ccc(Cl)cc2)CC1. The lowest BCUT2D eigenvalue weighted by atomic mass is 10.2. The van der Waals surface area contributed by atoms with Gasteiger partial charge in [0.05, 0.1) is 13.1 Å². The fraction of sp³-hybridized carbons (Fsp3) is 0.333. The third-order valence-electron chi connectivity index (χ3n) is 5.23. The Kier molecular flexibility index (Phi) is 7.65. The average molecular weight is 542 g/mol. The van der Waals surface area contributed by atoms with Gasteiger partial charge in [-0.25, -0.2) is 9.79 Å². The zero-order valence-electron chi connectivity index (χ0n) is 16.5. The van der Waals surface area contributed by atoms with Crippen molar-refractivity contribution in [2.45, 2.75) is 6.54 Å². The van der Waals surface area contributed by atoms with Crippen LogP contribution in [0.1, 0.15) is 5.56 Å². The second kappa shape index (κ2) is 10.2. The van der Waals surface area contributed by atoms with Gasteiger partial charge in [-0.05, 0) is 42.0 Å². The number of benzene rings is 2. The molecular weight excluding hydrogens is 517 g/mol. The van der Waals surface area contributed by atoms with E-state index in [1.807, 2.05) is 48.5 Å². The van der Waals surface area contributed by atoms with Gasteiger partial charge in [0.2, 0.25) is 0 Å². The van der Waals surface area contributed by atoms with Crippen LogP contribution >= 0.6 is 35.6 Å². The lowest BCUT2D eigenvalue weighted by molar-refractivity contribution is 0.181. The standard InChI is InChI=1S/C21H24ClN5O2.HI/c22-17-3-7-18(8-4-17)25-9-11-26(12-10-25)20(23)24-15-16-1-5-19(6-2-16)27-13-14-29-21(27)28;/h1-8H,9-15H2,(H2,23,24);1H. The Morgan fingerprint density at radius 1 is 0.967 bits per heavy atom. The van der Waals surface area contributed by atoms with Crippen LogP contribution < -0.4 is 15.5 Å². The number of amides is 1. The van der Waals surface area contributed by atoms with Gasteiger partial charge in [0.25, 0.3) is 0 Å². The molecule has 0 saturated carbocycles. The maximum Gasteiger partial charge on any atom is 0.414 e. The largest absolute Gasteiger partial charge is 0.447 e. The highest BCUT2D eigenvalue weighted by molar-refractivity contribution is 14.0. The first-order valence-corrected chi connectivity index (χ1v) is 10.1. The number of aliphatic imine (C=N–C) groups is 1. The molecule has 30 heavy (non-hydrogen) atoms. The molecule has 2 aliphatic rings. The molecule has 2 aromatic rings. The number of nitrogens with two attached hydrogens (primary N) is 1. The molecule has 0 aromatic heterocycles. The molecular formula is C21H25ClIN5O2. The number of rotatable bonds is 4. The van der Waals surface area contributed by atoms with E-state index in [-0.39, 0.29) is 30.1 Å². The van der Waals surface area contributed by atoms with Gasteiger partial charge >= 0.3 is 6.09 Å². The topological polar surface area (TPSA) is 74.4 Å². The Labute approximate surface area is 198 Å². The summed E-state index contributed by atoms with van der Waals surface area (Å²) in [6.07, 6.45) is -0.294. The highest BCUT2D eigenvalue weighted by atomic mass is 127. The summed E-state index contributed by atoms with van der Waals surface area (Å²) >= 11 is 5.97. The number of carbonyl (C=O) groups is 1. The first-order valence-electron chi connectivity index (χ1n) is 9.69. The minimum absolute atomic E-state index is 0. The maximum atomic E-state index is 11.6. The third-order valence-corrected chi connectivity index (χ3v) is 5.48. The molecule has 160 valence electrons. The quantitative estimate of drug-likeness (QED) is 0.364. The van der Waals surface area contributed by atoms with Gasteiger partial charge in [-0.1, -0.05) is 23.7 Å². The van der Waals surface area contributed by atoms with E-state index < -0.39 is 0 Å². The smallest absolute Gasteiger partial charge is 0.414 e. The van der Waals surface area contributed by atoms with Crippen molar-refractivity contribution in [2.75, 3.05) is 49.1 Å². The van der Waals surface area contributed by atoms with E-state index in [9.17, 15) is 4.79 Å². The number of cyclic esters (lactones) is 1. The van der Waals surface area contributed by atoms with E-state index >= 15 is 0 Å². The molecule has 0 radical (unpaired) electrons. The number of carbonyl (C=O) groups excluding carboxylic acids is 1. The molecule has 2 aromatic carbocycles. The van der Waals surface area contributed by atoms with E-state index in [0.29, 0.717) is 25.7 Å². The Morgan fingerprint density at radius 3 is 2.20 bits per heavy atom. The number of nitrogens with zero attached hydrogens (tertiary/aromatic N) is 4. The Hall–Kier alpha value is -2.20. The van der Waals surface area contributed by atoms with Crippen molar-refractivity contribution < 1.29 is 9.53 Å². The molecule has 2 N–H and O–H groups in total. The van der Waals surface area contributed by atoms with Gasteiger partial charge in [-0.3, -0.25) is 4.90 Å². The zero-order valence-corrected chi connectivity index (χ0v) is 19.6. The molecule has 0 bridgehead atoms. The number of guanidine groups is 1. The minimum atomic E-state index is -0.294. The molecule has 0 aliphatic carbocycles. The number of hydrogen-bond acceptors (Lipinski definition) is 4. The predicted molar refractivity (Wildman–Crippen MR) is 131 cm³/mol. The summed E-state index contributed by atoms with van der Waals surface area (Å²) in [6, 6.07) is 15.7. The van der Waals surface area contributed by atoms with Crippen molar-refractivity contribution in [3.05, 3.63) is 59.1 Å². The summed E-state index contributed by atoms with van der Waals surface area (Å²) < 4.78 is 4.97. The van der Waals surface area contributed by atoms with Crippen LogP contribution in [0.4, 0.5) is 16.2 Å². The van der Waals surface area contributed by atoms with E-state index in [2.05, 4.69) is 14.8 Å². The molecule has 0 atom stereocenters. The van der Waals surface area contributed by atoms with Crippen LogP contribution in [0, 0.1) is 0 Å². The van der Waals surface area contributed by atoms with Crippen LogP contribution in [0.25, 0.3) is 0 Å². The van der Waals surface area contributed by atoms with Crippen LogP contribution in [0.3, 0.4) is 0 Å². The Morgan fingerprint density at radius 2 is 1.60 bits per heavy atom. The normalized spacial score (nSPS) is 17.0. The van der Waals surface area contributed by atoms with Crippen molar-refractivity contribution in [1.82, 2.24) is 4.90 Å². The molecule has 2 saturated heterocycles. The fourth-order valence-electron chi connectivity index (χ4n) is 3.53. The molecule has 2 fully saturated rings. The first-order chi connectivity index (χ1) is 14.1. The van der Waals surface area contributed by atoms with Crippen molar-refractivity contribution >= 4 is 59.0 Å². The van der Waals surface area contributed by atoms with Crippen molar-refractivity contribution in [3.8, 4) is 0 Å². The summed E-state index contributed by atoms with van der Waals surface area (Å²) in [5.41, 5.74) is 9.28. The monoisotopic (exact) mass is 541 g/mol. The van der Waals surface area contributed by atoms with Gasteiger partial charge < -0.3 is 20.3 Å². The summed E-state index contributed by atoms with van der Waals surface area (Å²) in [7, 11) is 0. The molecule has 2 aliphatic heterocycles. The average Bonchev–Trinajstić information content (AvgIpc) is 3.19. The first kappa shape index (κ1) is 22.5. The highest BCUT2D eigenvalue weighted by Crippen LogP contribution is 2.21. The number of ether oxygens (including phenoxy) is 1. The molecule has 4 rings (SSSR count). The summed E-state index contributed by atoms with van der Waals surface area (Å²) in [5.74, 6) is 0.563. The molecule has 7 nitrogen and oxygen atoms in total. The molecule has 9 heteroatoms. The lowest BCUT2D eigenvalue weighted by Gasteiger charge is -2.36. The number of hydrogen-bond donors (Lipinski definition) is 1. The van der Waals surface area contributed by atoms with Crippen molar-refractivity contribution in [3.63, 3.8) is 0 Å². The summed E-state index contributed by atoms with van der Waals surface area (Å²) in [6.45, 7) is 4.96. The Bertz CT molecular complexity index is 883. The fourth-order valence-corrected chi connectivity index (χ4v) is 3.65. The van der Waals surface area contributed by atoms with Gasteiger partial charge in [-0.2, -0.15) is 0 Å². The van der Waals surface area contributed by atoms with Gasteiger partial charge in [0, 0.05) is 42.6 Å². The number of anilines is 2. The lowest BCUT2D eigenvalue weighted by Crippen LogP contribution is -2.51. The molecule has 0 spiro atoms. The van der Waals surface area contributed by atoms with Crippen LogP contribution in [0.5, 0.6) is 0 Å². The summed E-state index contributed by atoms with van der Waals surface area (Å²) in [5, 5.41) is 0.747. The van der Waals surface area contributed by atoms with Crippen LogP contribution in [0.15, 0.2) is 53.5 Å². The Balaban J connectivity index is 0.00000256. The highest BCUT2D eigenvalue weighted by Gasteiger charge is 2.23. The van der Waals surface area contributed by atoms with Gasteiger partial charge in [0.1, 0.15) is 6.61 Å². The van der Waals surface area contributed by atoms with E-state index in [1.165, 1.54) is 5.69 Å². The third kappa shape index (κ3) is 5.28. The van der Waals surface area contributed by atoms with E-state index in [0.717, 1.165) is 42.5 Å². The van der Waals surface area contributed by atoms with Gasteiger partial charge in [-0.15, -0.1) is 24.0 Å². The van der Waals surface area contributed by atoms with Crippen LogP contribution in [0.2, 0.25) is 5.02 Å².